The third-order valence-electron chi connectivity index (χ3n) is 4.04. The number of amides is 1. The predicted molar refractivity (Wildman–Crippen MR) is 94.3 cm³/mol. The summed E-state index contributed by atoms with van der Waals surface area (Å²) in [5, 5.41) is 3.14. The largest absolute Gasteiger partial charge is 0.380 e. The van der Waals surface area contributed by atoms with Crippen molar-refractivity contribution in [1.82, 2.24) is 20.8 Å². The zero-order valence-electron chi connectivity index (χ0n) is 14.0. The molecular formula is C17H22N6O2. The molecule has 0 radical (unpaired) electrons. The quantitative estimate of drug-likeness (QED) is 0.596. The summed E-state index contributed by atoms with van der Waals surface area (Å²) < 4.78 is 5.29. The van der Waals surface area contributed by atoms with Gasteiger partial charge in [-0.25, -0.2) is 15.4 Å². The zero-order chi connectivity index (χ0) is 17.6. The average molecular weight is 342 g/mol. The Hall–Kier alpha value is -2.55. The van der Waals surface area contributed by atoms with Crippen molar-refractivity contribution in [2.24, 2.45) is 5.73 Å². The molecule has 8 heteroatoms. The molecule has 1 aliphatic rings. The topological polar surface area (TPSA) is 114 Å². The van der Waals surface area contributed by atoms with Gasteiger partial charge >= 0.3 is 0 Å². The van der Waals surface area contributed by atoms with Gasteiger partial charge in [0.05, 0.1) is 6.61 Å². The highest BCUT2D eigenvalue weighted by atomic mass is 16.5. The summed E-state index contributed by atoms with van der Waals surface area (Å²) >= 11 is 0. The van der Waals surface area contributed by atoms with Crippen LogP contribution in [0.5, 0.6) is 0 Å². The minimum atomic E-state index is -0.325. The molecule has 0 saturated carbocycles. The second-order valence-corrected chi connectivity index (χ2v) is 6.01. The third-order valence-corrected chi connectivity index (χ3v) is 4.04. The Morgan fingerprint density at radius 3 is 2.88 bits per heavy atom. The Morgan fingerprint density at radius 2 is 2.12 bits per heavy atom. The van der Waals surface area contributed by atoms with Crippen LogP contribution in [-0.4, -0.2) is 41.2 Å². The molecule has 0 aliphatic carbocycles. The first-order valence-electron chi connectivity index (χ1n) is 8.16. The van der Waals surface area contributed by atoms with Gasteiger partial charge in [-0.1, -0.05) is 17.7 Å². The maximum atomic E-state index is 12.5. The summed E-state index contributed by atoms with van der Waals surface area (Å²) in [5.74, 6) is 0.114. The number of hydrazine groups is 1. The van der Waals surface area contributed by atoms with Gasteiger partial charge in [0.2, 0.25) is 0 Å². The molecule has 0 spiro atoms. The van der Waals surface area contributed by atoms with E-state index in [1.807, 2.05) is 31.2 Å². The molecule has 2 heterocycles. The number of rotatable bonds is 5. The van der Waals surface area contributed by atoms with Gasteiger partial charge in [0.15, 0.2) is 0 Å². The van der Waals surface area contributed by atoms with E-state index in [9.17, 15) is 4.79 Å². The van der Waals surface area contributed by atoms with Crippen molar-refractivity contribution in [3.63, 3.8) is 0 Å². The van der Waals surface area contributed by atoms with E-state index in [-0.39, 0.29) is 18.0 Å². The van der Waals surface area contributed by atoms with E-state index in [1.165, 1.54) is 12.5 Å². The lowest BCUT2D eigenvalue weighted by Crippen LogP contribution is -2.56. The van der Waals surface area contributed by atoms with E-state index in [0.29, 0.717) is 24.6 Å². The average Bonchev–Trinajstić information content (AvgIpc) is 2.63. The van der Waals surface area contributed by atoms with Crippen LogP contribution in [-0.2, 0) is 4.74 Å². The van der Waals surface area contributed by atoms with E-state index in [4.69, 9.17) is 10.5 Å². The number of anilines is 2. The lowest BCUT2D eigenvalue weighted by Gasteiger charge is -2.29. The van der Waals surface area contributed by atoms with Gasteiger partial charge in [0.1, 0.15) is 17.7 Å². The van der Waals surface area contributed by atoms with Crippen LogP contribution in [0.25, 0.3) is 0 Å². The third kappa shape index (κ3) is 4.50. The summed E-state index contributed by atoms with van der Waals surface area (Å²) in [6, 6.07) is 7.63. The fourth-order valence-electron chi connectivity index (χ4n) is 2.53. The standard InChI is InChI=1S/C17H22N6O2/c1-11-2-4-12(5-3-11)21-16-13(8-19-10-20-16)17(24)23-22-15-6-7-25-9-14(15)18/h2-5,8,10,14-15,22H,6-7,9,18H2,1H3,(H,23,24)(H,19,20,21)/t14-,15+/m0/s1. The van der Waals surface area contributed by atoms with E-state index in [2.05, 4.69) is 26.1 Å². The molecule has 0 unspecified atom stereocenters. The summed E-state index contributed by atoms with van der Waals surface area (Å²) in [7, 11) is 0. The number of carbonyl (C=O) groups is 1. The number of aromatic nitrogens is 2. The van der Waals surface area contributed by atoms with Gasteiger partial charge in [-0.2, -0.15) is 0 Å². The molecule has 3 rings (SSSR count). The van der Waals surface area contributed by atoms with E-state index in [1.54, 1.807) is 0 Å². The molecule has 1 aliphatic heterocycles. The van der Waals surface area contributed by atoms with Crippen molar-refractivity contribution in [2.45, 2.75) is 25.4 Å². The monoisotopic (exact) mass is 342 g/mol. The van der Waals surface area contributed by atoms with Crippen molar-refractivity contribution in [1.29, 1.82) is 0 Å². The van der Waals surface area contributed by atoms with Crippen LogP contribution < -0.4 is 21.9 Å². The van der Waals surface area contributed by atoms with E-state index in [0.717, 1.165) is 17.7 Å². The molecule has 1 amide bonds. The molecule has 1 aromatic carbocycles. The molecule has 1 saturated heterocycles. The first-order chi connectivity index (χ1) is 12.1. The molecule has 2 atom stereocenters. The Morgan fingerprint density at radius 1 is 1.32 bits per heavy atom. The van der Waals surface area contributed by atoms with Gasteiger partial charge in [0, 0.05) is 30.6 Å². The Balaban J connectivity index is 1.67. The number of hydrogen-bond donors (Lipinski definition) is 4. The van der Waals surface area contributed by atoms with Crippen LogP contribution in [0, 0.1) is 6.92 Å². The smallest absolute Gasteiger partial charge is 0.270 e. The van der Waals surface area contributed by atoms with Crippen LogP contribution in [0.1, 0.15) is 22.3 Å². The molecule has 5 N–H and O–H groups in total. The van der Waals surface area contributed by atoms with Gasteiger partial charge < -0.3 is 15.8 Å². The zero-order valence-corrected chi connectivity index (χ0v) is 14.0. The van der Waals surface area contributed by atoms with Gasteiger partial charge in [-0.15, -0.1) is 0 Å². The second-order valence-electron chi connectivity index (χ2n) is 6.01. The number of benzene rings is 1. The minimum Gasteiger partial charge on any atom is -0.380 e. The number of hydrogen-bond acceptors (Lipinski definition) is 7. The number of carbonyl (C=O) groups excluding carboxylic acids is 1. The molecule has 2 aromatic rings. The van der Waals surface area contributed by atoms with Crippen molar-refractivity contribution >= 4 is 17.4 Å². The fourth-order valence-corrected chi connectivity index (χ4v) is 2.53. The van der Waals surface area contributed by atoms with Crippen LogP contribution in [0.15, 0.2) is 36.8 Å². The number of nitrogens with two attached hydrogens (primary N) is 1. The summed E-state index contributed by atoms with van der Waals surface area (Å²) in [6.45, 7) is 3.11. The highest BCUT2D eigenvalue weighted by Crippen LogP contribution is 2.18. The number of nitrogens with zero attached hydrogens (tertiary/aromatic N) is 2. The Labute approximate surface area is 146 Å². The van der Waals surface area contributed by atoms with Gasteiger partial charge in [0.25, 0.3) is 5.91 Å². The number of ether oxygens (including phenoxy) is 1. The maximum Gasteiger partial charge on any atom is 0.270 e. The fraction of sp³-hybridized carbons (Fsp3) is 0.353. The molecule has 0 bridgehead atoms. The second kappa shape index (κ2) is 8.02. The highest BCUT2D eigenvalue weighted by molar-refractivity contribution is 5.98. The van der Waals surface area contributed by atoms with E-state index < -0.39 is 0 Å². The predicted octanol–water partition coefficient (Wildman–Crippen LogP) is 0.879. The summed E-state index contributed by atoms with van der Waals surface area (Å²) in [6.07, 6.45) is 3.61. The maximum absolute atomic E-state index is 12.5. The van der Waals surface area contributed by atoms with Crippen LogP contribution in [0.4, 0.5) is 11.5 Å². The molecule has 1 aromatic heterocycles. The normalized spacial score (nSPS) is 20.1. The lowest BCUT2D eigenvalue weighted by atomic mass is 10.1. The van der Waals surface area contributed by atoms with Crippen molar-refractivity contribution in [3.8, 4) is 0 Å². The Bertz CT molecular complexity index is 721. The highest BCUT2D eigenvalue weighted by Gasteiger charge is 2.23. The summed E-state index contributed by atoms with van der Waals surface area (Å²) in [4.78, 5) is 20.6. The molecule has 132 valence electrons. The Kier molecular flexibility index (Phi) is 5.54. The van der Waals surface area contributed by atoms with Crippen molar-refractivity contribution < 1.29 is 9.53 Å². The molecule has 1 fully saturated rings. The lowest BCUT2D eigenvalue weighted by molar-refractivity contribution is 0.0557. The molecular weight excluding hydrogens is 320 g/mol. The SMILES string of the molecule is Cc1ccc(Nc2ncncc2C(=O)NN[C@@H]2CCOC[C@@H]2N)cc1. The minimum absolute atomic E-state index is 0.0316. The van der Waals surface area contributed by atoms with Crippen LogP contribution in [0.2, 0.25) is 0 Å². The van der Waals surface area contributed by atoms with E-state index >= 15 is 0 Å². The van der Waals surface area contributed by atoms with Crippen molar-refractivity contribution in [2.75, 3.05) is 18.5 Å². The van der Waals surface area contributed by atoms with Crippen LogP contribution in [0.3, 0.4) is 0 Å². The van der Waals surface area contributed by atoms with Gasteiger partial charge in [-0.3, -0.25) is 10.2 Å². The number of nitrogens with one attached hydrogen (secondary N) is 3. The van der Waals surface area contributed by atoms with Gasteiger partial charge in [-0.05, 0) is 25.5 Å². The molecule has 8 nitrogen and oxygen atoms in total. The molecule has 25 heavy (non-hydrogen) atoms. The van der Waals surface area contributed by atoms with Crippen LogP contribution >= 0.6 is 0 Å². The number of aryl methyl sites for hydroxylation is 1. The first-order valence-corrected chi connectivity index (χ1v) is 8.16. The first kappa shape index (κ1) is 17.3. The summed E-state index contributed by atoms with van der Waals surface area (Å²) in [5.41, 5.74) is 14.0. The van der Waals surface area contributed by atoms with Crippen molar-refractivity contribution in [3.05, 3.63) is 47.9 Å².